The Bertz CT molecular complexity index is 829. The van der Waals surface area contributed by atoms with Gasteiger partial charge in [-0.2, -0.15) is 0 Å². The second kappa shape index (κ2) is 7.31. The number of ether oxygens (including phenoxy) is 1. The van der Waals surface area contributed by atoms with E-state index in [0.717, 1.165) is 5.56 Å². The maximum absolute atomic E-state index is 12.7. The van der Waals surface area contributed by atoms with Crippen molar-refractivity contribution in [1.29, 1.82) is 0 Å². The average molecular weight is 363 g/mol. The minimum Gasteiger partial charge on any atom is -0.484 e. The van der Waals surface area contributed by atoms with Crippen LogP contribution in [0.5, 0.6) is 5.75 Å². The highest BCUT2D eigenvalue weighted by Gasteiger charge is 2.35. The van der Waals surface area contributed by atoms with Gasteiger partial charge in [-0.3, -0.25) is 4.79 Å². The van der Waals surface area contributed by atoms with E-state index in [4.69, 9.17) is 9.15 Å². The summed E-state index contributed by atoms with van der Waals surface area (Å²) in [6, 6.07) is 10.6. The highest BCUT2D eigenvalue weighted by atomic mass is 32.2. The zero-order chi connectivity index (χ0) is 17.9. The van der Waals surface area contributed by atoms with Crippen molar-refractivity contribution in [3.63, 3.8) is 0 Å². The van der Waals surface area contributed by atoms with E-state index in [2.05, 4.69) is 0 Å². The lowest BCUT2D eigenvalue weighted by molar-refractivity contribution is -0.136. The predicted molar refractivity (Wildman–Crippen MR) is 93.0 cm³/mol. The van der Waals surface area contributed by atoms with Gasteiger partial charge >= 0.3 is 0 Å². The van der Waals surface area contributed by atoms with Gasteiger partial charge < -0.3 is 14.1 Å². The first-order valence-electron chi connectivity index (χ1n) is 8.15. The fourth-order valence-electron chi connectivity index (χ4n) is 2.95. The Morgan fingerprint density at radius 2 is 2.16 bits per heavy atom. The standard InChI is InChI=1S/C18H21NO5S/c1-14-4-2-5-16(10-14)24-12-18(20)19(11-17-6-3-8-23-17)15-7-9-25(21,22)13-15/h2-6,8,10,15H,7,9,11-13H2,1H3/t15-/m1/s1. The minimum atomic E-state index is -3.09. The van der Waals surface area contributed by atoms with Crippen molar-refractivity contribution in [2.24, 2.45) is 0 Å². The van der Waals surface area contributed by atoms with Crippen molar-refractivity contribution in [1.82, 2.24) is 4.90 Å². The third-order valence-electron chi connectivity index (χ3n) is 4.23. The van der Waals surface area contributed by atoms with Gasteiger partial charge in [0.25, 0.3) is 5.91 Å². The summed E-state index contributed by atoms with van der Waals surface area (Å²) in [6.07, 6.45) is 1.98. The number of nitrogens with zero attached hydrogens (tertiary/aromatic N) is 1. The van der Waals surface area contributed by atoms with Crippen LogP contribution in [0.15, 0.2) is 47.1 Å². The summed E-state index contributed by atoms with van der Waals surface area (Å²) >= 11 is 0. The summed E-state index contributed by atoms with van der Waals surface area (Å²) < 4.78 is 34.5. The normalized spacial score (nSPS) is 18.8. The molecule has 1 aliphatic rings. The van der Waals surface area contributed by atoms with E-state index in [9.17, 15) is 13.2 Å². The van der Waals surface area contributed by atoms with Gasteiger partial charge in [-0.1, -0.05) is 12.1 Å². The van der Waals surface area contributed by atoms with Gasteiger partial charge in [-0.25, -0.2) is 8.42 Å². The number of carbonyl (C=O) groups excluding carboxylic acids is 1. The number of sulfone groups is 1. The van der Waals surface area contributed by atoms with Crippen LogP contribution >= 0.6 is 0 Å². The van der Waals surface area contributed by atoms with E-state index in [1.807, 2.05) is 25.1 Å². The molecule has 0 saturated carbocycles. The molecule has 7 heteroatoms. The molecule has 25 heavy (non-hydrogen) atoms. The predicted octanol–water partition coefficient (Wildman–Crippen LogP) is 2.18. The second-order valence-corrected chi connectivity index (χ2v) is 8.49. The van der Waals surface area contributed by atoms with Crippen LogP contribution in [0.1, 0.15) is 17.7 Å². The number of carbonyl (C=O) groups is 1. The quantitative estimate of drug-likeness (QED) is 0.786. The molecule has 0 bridgehead atoms. The largest absolute Gasteiger partial charge is 0.484 e. The summed E-state index contributed by atoms with van der Waals surface area (Å²) in [4.78, 5) is 14.2. The van der Waals surface area contributed by atoms with E-state index < -0.39 is 9.84 Å². The molecule has 3 rings (SSSR count). The third-order valence-corrected chi connectivity index (χ3v) is 5.98. The van der Waals surface area contributed by atoms with Gasteiger partial charge in [0.1, 0.15) is 11.5 Å². The molecule has 2 heterocycles. The zero-order valence-corrected chi connectivity index (χ0v) is 14.9. The Labute approximate surface area is 147 Å². The summed E-state index contributed by atoms with van der Waals surface area (Å²) in [5.74, 6) is 1.08. The van der Waals surface area contributed by atoms with E-state index in [-0.39, 0.29) is 36.6 Å². The van der Waals surface area contributed by atoms with Crippen molar-refractivity contribution < 1.29 is 22.4 Å². The molecule has 1 fully saturated rings. The first kappa shape index (κ1) is 17.5. The number of furan rings is 1. The van der Waals surface area contributed by atoms with E-state index >= 15 is 0 Å². The molecule has 1 saturated heterocycles. The summed E-state index contributed by atoms with van der Waals surface area (Å²) in [5.41, 5.74) is 1.04. The van der Waals surface area contributed by atoms with E-state index in [1.54, 1.807) is 23.1 Å². The maximum Gasteiger partial charge on any atom is 0.261 e. The van der Waals surface area contributed by atoms with Crippen molar-refractivity contribution in [2.75, 3.05) is 18.1 Å². The van der Waals surface area contributed by atoms with Crippen LogP contribution in [0.3, 0.4) is 0 Å². The molecule has 0 unspecified atom stereocenters. The topological polar surface area (TPSA) is 76.8 Å². The van der Waals surface area contributed by atoms with Crippen LogP contribution in [-0.4, -0.2) is 43.4 Å². The Morgan fingerprint density at radius 1 is 1.32 bits per heavy atom. The van der Waals surface area contributed by atoms with Crippen molar-refractivity contribution in [3.05, 3.63) is 54.0 Å². The molecular weight excluding hydrogens is 342 g/mol. The molecule has 6 nitrogen and oxygen atoms in total. The molecule has 0 N–H and O–H groups in total. The van der Waals surface area contributed by atoms with Gasteiger partial charge in [0.2, 0.25) is 0 Å². The van der Waals surface area contributed by atoms with Crippen molar-refractivity contribution >= 4 is 15.7 Å². The molecule has 1 aromatic carbocycles. The minimum absolute atomic E-state index is 0.0100. The molecular formula is C18H21NO5S. The molecule has 1 aromatic heterocycles. The van der Waals surface area contributed by atoms with Gasteiger partial charge in [0.05, 0.1) is 24.3 Å². The van der Waals surface area contributed by atoms with Crippen LogP contribution in [0.2, 0.25) is 0 Å². The fraction of sp³-hybridized carbons (Fsp3) is 0.389. The highest BCUT2D eigenvalue weighted by Crippen LogP contribution is 2.21. The smallest absolute Gasteiger partial charge is 0.261 e. The van der Waals surface area contributed by atoms with E-state index in [1.165, 1.54) is 6.26 Å². The van der Waals surface area contributed by atoms with Crippen LogP contribution < -0.4 is 4.74 Å². The van der Waals surface area contributed by atoms with Crippen LogP contribution in [0.25, 0.3) is 0 Å². The van der Waals surface area contributed by atoms with Crippen molar-refractivity contribution in [3.8, 4) is 5.75 Å². The monoisotopic (exact) mass is 363 g/mol. The van der Waals surface area contributed by atoms with Crippen molar-refractivity contribution in [2.45, 2.75) is 25.9 Å². The average Bonchev–Trinajstić information content (AvgIpc) is 3.19. The van der Waals surface area contributed by atoms with E-state index in [0.29, 0.717) is 17.9 Å². The molecule has 0 aliphatic carbocycles. The second-order valence-electron chi connectivity index (χ2n) is 6.26. The van der Waals surface area contributed by atoms with Crippen LogP contribution in [0.4, 0.5) is 0 Å². The zero-order valence-electron chi connectivity index (χ0n) is 14.1. The summed E-state index contributed by atoms with van der Waals surface area (Å²) in [7, 11) is -3.09. The molecule has 1 atom stereocenters. The SMILES string of the molecule is Cc1cccc(OCC(=O)N(Cc2ccco2)[C@@H]2CCS(=O)(=O)C2)c1. The molecule has 1 amide bonds. The lowest BCUT2D eigenvalue weighted by Gasteiger charge is -2.27. The number of aryl methyl sites for hydroxylation is 1. The third kappa shape index (κ3) is 4.63. The molecule has 0 spiro atoms. The molecule has 1 aliphatic heterocycles. The summed E-state index contributed by atoms with van der Waals surface area (Å²) in [6.45, 7) is 2.05. The van der Waals surface area contributed by atoms with Crippen LogP contribution in [0, 0.1) is 6.92 Å². The highest BCUT2D eigenvalue weighted by molar-refractivity contribution is 7.91. The Hall–Kier alpha value is -2.28. The first-order valence-corrected chi connectivity index (χ1v) is 9.97. The molecule has 2 aromatic rings. The number of hydrogen-bond acceptors (Lipinski definition) is 5. The van der Waals surface area contributed by atoms with Gasteiger partial charge in [-0.15, -0.1) is 0 Å². The maximum atomic E-state index is 12.7. The van der Waals surface area contributed by atoms with Gasteiger partial charge in [0, 0.05) is 6.04 Å². The lowest BCUT2D eigenvalue weighted by Crippen LogP contribution is -2.43. The molecule has 134 valence electrons. The lowest BCUT2D eigenvalue weighted by atomic mass is 10.2. The first-order chi connectivity index (χ1) is 11.9. The number of benzene rings is 1. The Kier molecular flexibility index (Phi) is 5.13. The summed E-state index contributed by atoms with van der Waals surface area (Å²) in [5, 5.41) is 0. The number of rotatable bonds is 6. The van der Waals surface area contributed by atoms with Crippen LogP contribution in [-0.2, 0) is 21.2 Å². The van der Waals surface area contributed by atoms with Gasteiger partial charge in [0.15, 0.2) is 16.4 Å². The Morgan fingerprint density at radius 3 is 2.80 bits per heavy atom. The Balaban J connectivity index is 1.70. The number of hydrogen-bond donors (Lipinski definition) is 0. The van der Waals surface area contributed by atoms with Gasteiger partial charge in [-0.05, 0) is 43.2 Å². The molecule has 0 radical (unpaired) electrons. The number of amides is 1. The fourth-order valence-corrected chi connectivity index (χ4v) is 4.68.